The standard InChI is InChI=1S/C10H10I2O2/c1-3-14-10(13)8-5-7(11)4-6(2)9(8)12/h4-5H,3H2,1-2H3. The van der Waals surface area contributed by atoms with Crippen molar-refractivity contribution >= 4 is 51.2 Å². The van der Waals surface area contributed by atoms with Gasteiger partial charge in [0, 0.05) is 7.14 Å². The Labute approximate surface area is 111 Å². The number of carbonyl (C=O) groups is 1. The summed E-state index contributed by atoms with van der Waals surface area (Å²) in [6, 6.07) is 3.90. The van der Waals surface area contributed by atoms with E-state index in [0.29, 0.717) is 12.2 Å². The molecule has 14 heavy (non-hydrogen) atoms. The Balaban J connectivity index is 3.13. The number of ether oxygens (including phenoxy) is 1. The fourth-order valence-electron chi connectivity index (χ4n) is 1.08. The van der Waals surface area contributed by atoms with Crippen molar-refractivity contribution < 1.29 is 9.53 Å². The van der Waals surface area contributed by atoms with Gasteiger partial charge in [0.1, 0.15) is 0 Å². The van der Waals surface area contributed by atoms with Crippen molar-refractivity contribution in [2.75, 3.05) is 6.61 Å². The van der Waals surface area contributed by atoms with E-state index in [2.05, 4.69) is 45.2 Å². The third-order valence-electron chi connectivity index (χ3n) is 1.71. The maximum absolute atomic E-state index is 11.5. The average molecular weight is 416 g/mol. The summed E-state index contributed by atoms with van der Waals surface area (Å²) in [5.41, 5.74) is 1.78. The van der Waals surface area contributed by atoms with Crippen molar-refractivity contribution in [3.8, 4) is 0 Å². The first-order valence-electron chi connectivity index (χ1n) is 4.19. The molecule has 0 heterocycles. The van der Waals surface area contributed by atoms with Crippen LogP contribution in [0.4, 0.5) is 0 Å². The third kappa shape index (κ3) is 2.82. The number of benzene rings is 1. The van der Waals surface area contributed by atoms with E-state index in [-0.39, 0.29) is 5.97 Å². The highest BCUT2D eigenvalue weighted by Crippen LogP contribution is 2.21. The third-order valence-corrected chi connectivity index (χ3v) is 3.77. The topological polar surface area (TPSA) is 26.3 Å². The molecule has 0 spiro atoms. The molecule has 0 aliphatic carbocycles. The minimum Gasteiger partial charge on any atom is -0.462 e. The van der Waals surface area contributed by atoms with Gasteiger partial charge in [-0.05, 0) is 76.7 Å². The van der Waals surface area contributed by atoms with Gasteiger partial charge in [0.25, 0.3) is 0 Å². The van der Waals surface area contributed by atoms with Crippen LogP contribution in [-0.4, -0.2) is 12.6 Å². The molecular formula is C10H10I2O2. The van der Waals surface area contributed by atoms with E-state index < -0.39 is 0 Å². The van der Waals surface area contributed by atoms with Crippen LogP contribution in [0.3, 0.4) is 0 Å². The van der Waals surface area contributed by atoms with Crippen LogP contribution in [-0.2, 0) is 4.74 Å². The monoisotopic (exact) mass is 416 g/mol. The predicted octanol–water partition coefficient (Wildman–Crippen LogP) is 3.38. The number of aryl methyl sites for hydroxylation is 1. The maximum Gasteiger partial charge on any atom is 0.339 e. The van der Waals surface area contributed by atoms with Gasteiger partial charge in [-0.1, -0.05) is 0 Å². The van der Waals surface area contributed by atoms with Crippen molar-refractivity contribution in [1.82, 2.24) is 0 Å². The number of esters is 1. The Bertz CT molecular complexity index is 361. The van der Waals surface area contributed by atoms with Crippen LogP contribution in [0.25, 0.3) is 0 Å². The normalized spacial score (nSPS) is 10.0. The minimum absolute atomic E-state index is 0.237. The van der Waals surface area contributed by atoms with Crippen molar-refractivity contribution in [1.29, 1.82) is 0 Å². The van der Waals surface area contributed by atoms with Gasteiger partial charge in [0.2, 0.25) is 0 Å². The maximum atomic E-state index is 11.5. The predicted molar refractivity (Wildman–Crippen MR) is 72.6 cm³/mol. The molecule has 4 heteroatoms. The number of halogens is 2. The summed E-state index contributed by atoms with van der Waals surface area (Å²) in [4.78, 5) is 11.5. The van der Waals surface area contributed by atoms with E-state index in [1.165, 1.54) is 0 Å². The average Bonchev–Trinajstić information content (AvgIpc) is 2.11. The first-order valence-corrected chi connectivity index (χ1v) is 6.34. The van der Waals surface area contributed by atoms with Crippen LogP contribution >= 0.6 is 45.2 Å². The van der Waals surface area contributed by atoms with Crippen LogP contribution in [0.1, 0.15) is 22.8 Å². The number of hydrogen-bond donors (Lipinski definition) is 0. The first kappa shape index (κ1) is 12.2. The van der Waals surface area contributed by atoms with Crippen LogP contribution in [0.5, 0.6) is 0 Å². The molecule has 1 rings (SSSR count). The van der Waals surface area contributed by atoms with E-state index in [4.69, 9.17) is 4.74 Å². The second-order valence-corrected chi connectivity index (χ2v) is 5.13. The fourth-order valence-corrected chi connectivity index (χ4v) is 2.39. The van der Waals surface area contributed by atoms with Gasteiger partial charge in [0.15, 0.2) is 0 Å². The molecule has 0 fully saturated rings. The van der Waals surface area contributed by atoms with Crippen molar-refractivity contribution in [3.05, 3.63) is 30.4 Å². The Hall–Kier alpha value is 0.150. The van der Waals surface area contributed by atoms with E-state index in [1.807, 2.05) is 26.0 Å². The Morgan fingerprint density at radius 3 is 2.64 bits per heavy atom. The van der Waals surface area contributed by atoms with Gasteiger partial charge in [-0.3, -0.25) is 0 Å². The smallest absolute Gasteiger partial charge is 0.339 e. The van der Waals surface area contributed by atoms with E-state index in [1.54, 1.807) is 0 Å². The SMILES string of the molecule is CCOC(=O)c1cc(I)cc(C)c1I. The summed E-state index contributed by atoms with van der Waals surface area (Å²) in [5.74, 6) is -0.237. The summed E-state index contributed by atoms with van der Waals surface area (Å²) >= 11 is 4.37. The summed E-state index contributed by atoms with van der Waals surface area (Å²) in [6.45, 7) is 4.22. The lowest BCUT2D eigenvalue weighted by Gasteiger charge is -2.07. The molecule has 2 nitrogen and oxygen atoms in total. The highest BCUT2D eigenvalue weighted by atomic mass is 127. The zero-order valence-corrected chi connectivity index (χ0v) is 12.2. The van der Waals surface area contributed by atoms with E-state index >= 15 is 0 Å². The largest absolute Gasteiger partial charge is 0.462 e. The second kappa shape index (κ2) is 5.29. The minimum atomic E-state index is -0.237. The first-order chi connectivity index (χ1) is 6.56. The number of rotatable bonds is 2. The molecule has 0 saturated heterocycles. The number of hydrogen-bond acceptors (Lipinski definition) is 2. The molecular weight excluding hydrogens is 406 g/mol. The van der Waals surface area contributed by atoms with Crippen LogP contribution in [0, 0.1) is 14.1 Å². The van der Waals surface area contributed by atoms with E-state index in [9.17, 15) is 4.79 Å². The summed E-state index contributed by atoms with van der Waals surface area (Å²) in [6.07, 6.45) is 0. The molecule has 0 atom stereocenters. The molecule has 1 aromatic rings. The molecule has 0 bridgehead atoms. The molecule has 0 unspecified atom stereocenters. The highest BCUT2D eigenvalue weighted by Gasteiger charge is 2.13. The van der Waals surface area contributed by atoms with Gasteiger partial charge in [-0.2, -0.15) is 0 Å². The molecule has 0 aliphatic heterocycles. The van der Waals surface area contributed by atoms with Gasteiger partial charge in [-0.25, -0.2) is 4.79 Å². The lowest BCUT2D eigenvalue weighted by molar-refractivity contribution is 0.0525. The zero-order valence-electron chi connectivity index (χ0n) is 7.93. The molecule has 0 N–H and O–H groups in total. The Morgan fingerprint density at radius 1 is 1.43 bits per heavy atom. The summed E-state index contributed by atoms with van der Waals surface area (Å²) in [5, 5.41) is 0. The molecule has 1 aromatic carbocycles. The van der Waals surface area contributed by atoms with Gasteiger partial charge in [-0.15, -0.1) is 0 Å². The quantitative estimate of drug-likeness (QED) is 0.546. The van der Waals surface area contributed by atoms with Crippen molar-refractivity contribution in [2.24, 2.45) is 0 Å². The van der Waals surface area contributed by atoms with Gasteiger partial charge in [0.05, 0.1) is 12.2 Å². The molecule has 0 radical (unpaired) electrons. The van der Waals surface area contributed by atoms with Crippen LogP contribution in [0.2, 0.25) is 0 Å². The second-order valence-electron chi connectivity index (χ2n) is 2.80. The highest BCUT2D eigenvalue weighted by molar-refractivity contribution is 14.1. The van der Waals surface area contributed by atoms with Crippen molar-refractivity contribution in [3.63, 3.8) is 0 Å². The Morgan fingerprint density at radius 2 is 2.07 bits per heavy atom. The molecule has 0 aliphatic rings. The lowest BCUT2D eigenvalue weighted by atomic mass is 10.1. The Kier molecular flexibility index (Phi) is 4.62. The van der Waals surface area contributed by atoms with Gasteiger partial charge < -0.3 is 4.74 Å². The number of carbonyl (C=O) groups excluding carboxylic acids is 1. The molecule has 0 saturated carbocycles. The van der Waals surface area contributed by atoms with Gasteiger partial charge >= 0.3 is 5.97 Å². The van der Waals surface area contributed by atoms with Crippen molar-refractivity contribution in [2.45, 2.75) is 13.8 Å². The fraction of sp³-hybridized carbons (Fsp3) is 0.300. The van der Waals surface area contributed by atoms with E-state index in [0.717, 1.165) is 12.7 Å². The lowest BCUT2D eigenvalue weighted by Crippen LogP contribution is -2.08. The molecule has 0 aromatic heterocycles. The zero-order chi connectivity index (χ0) is 10.7. The molecule has 76 valence electrons. The molecule has 0 amide bonds. The summed E-state index contributed by atoms with van der Waals surface area (Å²) in [7, 11) is 0. The van der Waals surface area contributed by atoms with Crippen LogP contribution in [0.15, 0.2) is 12.1 Å². The summed E-state index contributed by atoms with van der Waals surface area (Å²) < 4.78 is 7.00. The van der Waals surface area contributed by atoms with Crippen LogP contribution < -0.4 is 0 Å².